The van der Waals surface area contributed by atoms with Gasteiger partial charge in [-0.1, -0.05) is 6.92 Å². The van der Waals surface area contributed by atoms with Crippen LogP contribution >= 0.6 is 0 Å². The fourth-order valence-corrected chi connectivity index (χ4v) is 1.69. The van der Waals surface area contributed by atoms with Gasteiger partial charge in [0.05, 0.1) is 6.54 Å². The zero-order valence-corrected chi connectivity index (χ0v) is 11.7. The van der Waals surface area contributed by atoms with E-state index in [4.69, 9.17) is 4.42 Å². The monoisotopic (exact) mass is 261 g/mol. The lowest BCUT2D eigenvalue weighted by Gasteiger charge is -2.23. The zero-order valence-electron chi connectivity index (χ0n) is 11.7. The summed E-state index contributed by atoms with van der Waals surface area (Å²) in [5.41, 5.74) is 0.991. The molecule has 0 radical (unpaired) electrons. The largest absolute Gasteiger partial charge is 0.460 e. The maximum Gasteiger partial charge on any atom is 0.134 e. The van der Waals surface area contributed by atoms with Gasteiger partial charge in [0.2, 0.25) is 0 Å². The average molecular weight is 261 g/mol. The van der Waals surface area contributed by atoms with E-state index in [-0.39, 0.29) is 11.4 Å². The predicted molar refractivity (Wildman–Crippen MR) is 75.3 cm³/mol. The van der Waals surface area contributed by atoms with Crippen LogP contribution in [-0.4, -0.2) is 5.54 Å². The molecule has 0 fully saturated rings. The highest BCUT2D eigenvalue weighted by atomic mass is 19.1. The van der Waals surface area contributed by atoms with Crippen molar-refractivity contribution in [1.29, 1.82) is 0 Å². The highest BCUT2D eigenvalue weighted by Gasteiger charge is 2.14. The minimum absolute atomic E-state index is 0.100. The summed E-state index contributed by atoms with van der Waals surface area (Å²) in [4.78, 5) is 0. The lowest BCUT2D eigenvalue weighted by atomic mass is 10.0. The fraction of sp³-hybridized carbons (Fsp3) is 0.375. The van der Waals surface area contributed by atoms with E-state index in [1.807, 2.05) is 12.1 Å². The maximum absolute atomic E-state index is 12.9. The molecule has 0 aliphatic carbocycles. The average Bonchev–Trinajstić information content (AvgIpc) is 2.86. The van der Waals surface area contributed by atoms with Gasteiger partial charge in [0.1, 0.15) is 17.3 Å². The van der Waals surface area contributed by atoms with Gasteiger partial charge >= 0.3 is 0 Å². The molecule has 1 aromatic heterocycles. The van der Waals surface area contributed by atoms with E-state index in [1.165, 1.54) is 12.1 Å². The summed E-state index contributed by atoms with van der Waals surface area (Å²) >= 11 is 0. The summed E-state index contributed by atoms with van der Waals surface area (Å²) < 4.78 is 18.6. The second-order valence-corrected chi connectivity index (χ2v) is 5.36. The molecule has 0 spiro atoms. The highest BCUT2D eigenvalue weighted by molar-refractivity contribution is 5.57. The summed E-state index contributed by atoms with van der Waals surface area (Å²) in [5.74, 6) is 1.42. The molecular weight excluding hydrogens is 241 g/mol. The van der Waals surface area contributed by atoms with Crippen molar-refractivity contribution >= 4 is 0 Å². The van der Waals surface area contributed by atoms with E-state index in [1.54, 1.807) is 12.1 Å². The van der Waals surface area contributed by atoms with Crippen LogP contribution < -0.4 is 5.32 Å². The van der Waals surface area contributed by atoms with Gasteiger partial charge < -0.3 is 9.73 Å². The van der Waals surface area contributed by atoms with Gasteiger partial charge in [-0.05, 0) is 56.7 Å². The minimum atomic E-state index is -0.234. The second-order valence-electron chi connectivity index (χ2n) is 5.36. The van der Waals surface area contributed by atoms with Gasteiger partial charge in [-0.2, -0.15) is 0 Å². The van der Waals surface area contributed by atoms with Crippen molar-refractivity contribution in [2.75, 3.05) is 0 Å². The van der Waals surface area contributed by atoms with E-state index in [9.17, 15) is 4.39 Å². The number of nitrogens with one attached hydrogen (secondary N) is 1. The standard InChI is InChI=1S/C16H20FNO/c1-4-16(2,3)18-11-14-9-10-15(19-14)12-5-7-13(17)8-6-12/h5-10,18H,4,11H2,1-3H3. The SMILES string of the molecule is CCC(C)(C)NCc1ccc(-c2ccc(F)cc2)o1. The van der Waals surface area contributed by atoms with Crippen molar-refractivity contribution in [3.63, 3.8) is 0 Å². The molecule has 2 nitrogen and oxygen atoms in total. The van der Waals surface area contributed by atoms with Crippen LogP contribution in [0.1, 0.15) is 33.0 Å². The Balaban J connectivity index is 2.05. The second kappa shape index (κ2) is 5.57. The van der Waals surface area contributed by atoms with E-state index >= 15 is 0 Å². The van der Waals surface area contributed by atoms with Crippen molar-refractivity contribution in [2.45, 2.75) is 39.3 Å². The van der Waals surface area contributed by atoms with E-state index in [0.717, 1.165) is 23.5 Å². The number of rotatable bonds is 5. The van der Waals surface area contributed by atoms with Crippen molar-refractivity contribution in [1.82, 2.24) is 5.32 Å². The molecule has 0 unspecified atom stereocenters. The van der Waals surface area contributed by atoms with Crippen molar-refractivity contribution in [3.8, 4) is 11.3 Å². The number of benzene rings is 1. The normalized spacial score (nSPS) is 11.8. The van der Waals surface area contributed by atoms with Gasteiger partial charge in [-0.3, -0.25) is 0 Å². The maximum atomic E-state index is 12.9. The van der Waals surface area contributed by atoms with Crippen LogP contribution in [0.4, 0.5) is 4.39 Å². The Bertz CT molecular complexity index is 528. The molecule has 0 amide bonds. The molecule has 0 atom stereocenters. The van der Waals surface area contributed by atoms with Gasteiger partial charge in [-0.25, -0.2) is 4.39 Å². The summed E-state index contributed by atoms with van der Waals surface area (Å²) in [6.07, 6.45) is 1.05. The first kappa shape index (κ1) is 13.8. The molecule has 1 aromatic carbocycles. The Labute approximate surface area is 113 Å². The van der Waals surface area contributed by atoms with Crippen LogP contribution in [0.5, 0.6) is 0 Å². The fourth-order valence-electron chi connectivity index (χ4n) is 1.69. The first-order chi connectivity index (χ1) is 9.00. The molecule has 0 saturated carbocycles. The van der Waals surface area contributed by atoms with Crippen LogP contribution in [0, 0.1) is 5.82 Å². The van der Waals surface area contributed by atoms with Crippen molar-refractivity contribution < 1.29 is 8.81 Å². The third-order valence-corrected chi connectivity index (χ3v) is 3.42. The van der Waals surface area contributed by atoms with Crippen LogP contribution in [0.3, 0.4) is 0 Å². The molecule has 102 valence electrons. The first-order valence-corrected chi connectivity index (χ1v) is 6.60. The molecule has 0 aliphatic heterocycles. The zero-order chi connectivity index (χ0) is 13.9. The lowest BCUT2D eigenvalue weighted by Crippen LogP contribution is -2.37. The smallest absolute Gasteiger partial charge is 0.134 e. The summed E-state index contributed by atoms with van der Waals surface area (Å²) in [5, 5.41) is 3.45. The summed E-state index contributed by atoms with van der Waals surface area (Å²) in [7, 11) is 0. The Kier molecular flexibility index (Phi) is 4.05. The molecule has 0 bridgehead atoms. The van der Waals surface area contributed by atoms with Gasteiger partial charge in [0.15, 0.2) is 0 Å². The van der Waals surface area contributed by atoms with Gasteiger partial charge in [0.25, 0.3) is 0 Å². The Hall–Kier alpha value is -1.61. The van der Waals surface area contributed by atoms with Crippen LogP contribution in [0.25, 0.3) is 11.3 Å². The summed E-state index contributed by atoms with van der Waals surface area (Å²) in [6, 6.07) is 10.2. The molecule has 1 N–H and O–H groups in total. The molecule has 0 saturated heterocycles. The van der Waals surface area contributed by atoms with E-state index in [2.05, 4.69) is 26.1 Å². The topological polar surface area (TPSA) is 25.2 Å². The third-order valence-electron chi connectivity index (χ3n) is 3.42. The molecular formula is C16H20FNO. The van der Waals surface area contributed by atoms with E-state index < -0.39 is 0 Å². The Morgan fingerprint density at radius 1 is 1.11 bits per heavy atom. The Morgan fingerprint density at radius 2 is 1.79 bits per heavy atom. The van der Waals surface area contributed by atoms with E-state index in [0.29, 0.717) is 6.54 Å². The number of hydrogen-bond acceptors (Lipinski definition) is 2. The molecule has 2 aromatic rings. The van der Waals surface area contributed by atoms with Crippen molar-refractivity contribution in [3.05, 3.63) is 48.0 Å². The highest BCUT2D eigenvalue weighted by Crippen LogP contribution is 2.22. The molecule has 3 heteroatoms. The third kappa shape index (κ3) is 3.67. The number of hydrogen-bond donors (Lipinski definition) is 1. The van der Waals surface area contributed by atoms with Crippen LogP contribution in [-0.2, 0) is 6.54 Å². The van der Waals surface area contributed by atoms with Crippen LogP contribution in [0.15, 0.2) is 40.8 Å². The quantitative estimate of drug-likeness (QED) is 0.864. The Morgan fingerprint density at radius 3 is 2.42 bits per heavy atom. The molecule has 2 rings (SSSR count). The first-order valence-electron chi connectivity index (χ1n) is 6.60. The van der Waals surface area contributed by atoms with Crippen molar-refractivity contribution in [2.24, 2.45) is 0 Å². The van der Waals surface area contributed by atoms with Gasteiger partial charge in [-0.15, -0.1) is 0 Å². The molecule has 1 heterocycles. The predicted octanol–water partition coefficient (Wildman–Crippen LogP) is 4.36. The number of halogens is 1. The summed E-state index contributed by atoms with van der Waals surface area (Å²) in [6.45, 7) is 7.18. The molecule has 0 aliphatic rings. The minimum Gasteiger partial charge on any atom is -0.460 e. The van der Waals surface area contributed by atoms with Gasteiger partial charge in [0, 0.05) is 11.1 Å². The van der Waals surface area contributed by atoms with Crippen LogP contribution in [0.2, 0.25) is 0 Å². The molecule has 19 heavy (non-hydrogen) atoms. The number of furan rings is 1. The lowest BCUT2D eigenvalue weighted by molar-refractivity contribution is 0.353.